The van der Waals surface area contributed by atoms with E-state index in [2.05, 4.69) is 14.2 Å². The summed E-state index contributed by atoms with van der Waals surface area (Å²) in [5, 5.41) is 11.1. The molecule has 7 nitrogen and oxygen atoms in total. The predicted octanol–water partition coefficient (Wildman–Crippen LogP) is 5.45. The first-order chi connectivity index (χ1) is 15.7. The number of hydrogen-bond acceptors (Lipinski definition) is 5. The maximum absolute atomic E-state index is 13.4. The first-order valence-corrected chi connectivity index (χ1v) is 12.4. The van der Waals surface area contributed by atoms with Crippen LogP contribution in [0.2, 0.25) is 0 Å². The molecule has 0 radical (unpaired) electrons. The van der Waals surface area contributed by atoms with Crippen LogP contribution >= 0.6 is 20.7 Å². The minimum Gasteiger partial charge on any atom is -0.425 e. The average Bonchev–Trinajstić information content (AvgIpc) is 3.10. The fourth-order valence-corrected chi connectivity index (χ4v) is 4.10. The molecule has 0 bridgehead atoms. The molecule has 1 amide bonds. The van der Waals surface area contributed by atoms with Gasteiger partial charge >= 0.3 is 4.12 Å². The maximum atomic E-state index is 13.4. The lowest BCUT2D eigenvalue weighted by Crippen LogP contribution is -2.23. The van der Waals surface area contributed by atoms with Gasteiger partial charge in [0.2, 0.25) is 0 Å². The van der Waals surface area contributed by atoms with Crippen LogP contribution in [0.1, 0.15) is 27.2 Å². The fraction of sp³-hybridized carbons (Fsp3) is 0.174. The largest absolute Gasteiger partial charge is 0.445 e. The number of rotatable bonds is 7. The van der Waals surface area contributed by atoms with Gasteiger partial charge < -0.3 is 9.64 Å². The minimum atomic E-state index is -3.23. The van der Waals surface area contributed by atoms with E-state index >= 15 is 0 Å². The molecule has 0 saturated heterocycles. The van der Waals surface area contributed by atoms with Crippen molar-refractivity contribution in [2.75, 3.05) is 0 Å². The van der Waals surface area contributed by atoms with E-state index in [1.54, 1.807) is 42.2 Å². The third-order valence-electron chi connectivity index (χ3n) is 5.18. The lowest BCUT2D eigenvalue weighted by Gasteiger charge is -2.17. The molecule has 0 aliphatic carbocycles. The SMILES string of the molecule is C=IC(F)(F)Oc1ccc(CN2Cc3cc(-c4cccc([N+](=O)[O-])c4)nc(C)c3C2=O)cc1. The molecule has 4 rings (SSSR count). The van der Waals surface area contributed by atoms with E-state index in [0.29, 0.717) is 29.1 Å². The number of nitrogens with zero attached hydrogens (tertiary/aromatic N) is 3. The summed E-state index contributed by atoms with van der Waals surface area (Å²) in [7, 11) is 0. The van der Waals surface area contributed by atoms with Crippen LogP contribution in [0.3, 0.4) is 0 Å². The summed E-state index contributed by atoms with van der Waals surface area (Å²) in [6.07, 6.45) is 0. The number of pyridine rings is 1. The summed E-state index contributed by atoms with van der Waals surface area (Å²) < 4.78 is 31.5. The van der Waals surface area contributed by atoms with Crippen LogP contribution in [0.5, 0.6) is 5.75 Å². The number of nitro groups is 1. The number of amides is 1. The molecule has 10 heteroatoms. The predicted molar refractivity (Wildman–Crippen MR) is 128 cm³/mol. The van der Waals surface area contributed by atoms with Gasteiger partial charge in [-0.2, -0.15) is 8.78 Å². The normalized spacial score (nSPS) is 13.2. The highest BCUT2D eigenvalue weighted by Gasteiger charge is 2.31. The van der Waals surface area contributed by atoms with Gasteiger partial charge in [-0.15, -0.1) is 0 Å². The molecule has 0 unspecified atom stereocenters. The zero-order valence-corrected chi connectivity index (χ0v) is 19.6. The van der Waals surface area contributed by atoms with E-state index in [-0.39, 0.29) is 23.9 Å². The maximum Gasteiger partial charge on any atom is 0.445 e. The molecule has 3 aromatic rings. The molecule has 2 heterocycles. The molecule has 0 spiro atoms. The first kappa shape index (κ1) is 22.9. The highest BCUT2D eigenvalue weighted by Crippen LogP contribution is 2.33. The molecular formula is C23H18F2IN3O4. The van der Waals surface area contributed by atoms with Crippen LogP contribution in [-0.2, 0) is 13.1 Å². The smallest absolute Gasteiger partial charge is 0.425 e. The van der Waals surface area contributed by atoms with Crippen molar-refractivity contribution in [3.05, 3.63) is 87.1 Å². The van der Waals surface area contributed by atoms with E-state index < -0.39 is 29.8 Å². The lowest BCUT2D eigenvalue weighted by atomic mass is 10.0. The van der Waals surface area contributed by atoms with E-state index in [1.165, 1.54) is 24.3 Å². The summed E-state index contributed by atoms with van der Waals surface area (Å²) in [4.78, 5) is 29.7. The number of aryl methyl sites for hydroxylation is 1. The van der Waals surface area contributed by atoms with Gasteiger partial charge in [0.05, 0.1) is 21.9 Å². The molecule has 1 aromatic heterocycles. The van der Waals surface area contributed by atoms with Gasteiger partial charge in [-0.1, -0.05) is 28.8 Å². The zero-order valence-electron chi connectivity index (χ0n) is 17.4. The van der Waals surface area contributed by atoms with Crippen molar-refractivity contribution in [1.82, 2.24) is 9.88 Å². The number of carbonyl (C=O) groups is 1. The zero-order chi connectivity index (χ0) is 23.8. The second-order valence-corrected chi connectivity index (χ2v) is 9.44. The van der Waals surface area contributed by atoms with Gasteiger partial charge in [-0.05, 0) is 36.2 Å². The number of aromatic nitrogens is 1. The van der Waals surface area contributed by atoms with E-state index in [9.17, 15) is 23.7 Å². The third-order valence-corrected chi connectivity index (χ3v) is 6.29. The van der Waals surface area contributed by atoms with Gasteiger partial charge in [0.25, 0.3) is 11.6 Å². The molecular weight excluding hydrogens is 547 g/mol. The number of non-ortho nitro benzene ring substituents is 1. The van der Waals surface area contributed by atoms with Crippen molar-refractivity contribution >= 4 is 36.8 Å². The van der Waals surface area contributed by atoms with Gasteiger partial charge in [0, 0.05) is 51.5 Å². The number of alkyl halides is 3. The second kappa shape index (κ2) is 8.93. The molecule has 1 aliphatic heterocycles. The number of benzene rings is 2. The molecule has 0 atom stereocenters. The Hall–Kier alpha value is -3.28. The highest BCUT2D eigenvalue weighted by molar-refractivity contribution is 14.2. The molecule has 1 aliphatic rings. The van der Waals surface area contributed by atoms with Crippen molar-refractivity contribution in [2.24, 2.45) is 0 Å². The molecule has 2 aromatic carbocycles. The van der Waals surface area contributed by atoms with Crippen molar-refractivity contribution in [2.45, 2.75) is 24.1 Å². The van der Waals surface area contributed by atoms with Crippen molar-refractivity contribution in [1.29, 1.82) is 0 Å². The summed E-state index contributed by atoms with van der Waals surface area (Å²) >= 11 is -1.64. The Bertz CT molecular complexity index is 1270. The number of nitro benzene ring substituents is 1. The monoisotopic (exact) mass is 565 g/mol. The van der Waals surface area contributed by atoms with Gasteiger partial charge in [-0.25, -0.2) is 0 Å². The van der Waals surface area contributed by atoms with Crippen LogP contribution in [0.25, 0.3) is 11.3 Å². The Morgan fingerprint density at radius 2 is 1.97 bits per heavy atom. The van der Waals surface area contributed by atoms with Gasteiger partial charge in [0.15, 0.2) is 0 Å². The van der Waals surface area contributed by atoms with Crippen LogP contribution in [-0.4, -0.2) is 29.3 Å². The topological polar surface area (TPSA) is 85.6 Å². The Morgan fingerprint density at radius 3 is 2.64 bits per heavy atom. The van der Waals surface area contributed by atoms with Crippen molar-refractivity contribution < 1.29 is 23.2 Å². The number of fused-ring (bicyclic) bond motifs is 1. The standard InChI is InChI=1S/C23H18F2IN3O4/c1-14-21-17(11-20(27-14)16-4-3-5-18(10-16)29(31)32)13-28(22(21)30)12-15-6-8-19(9-7-15)33-23(24,25)26-2/h3-11H,2,12-13H2,1H3. The van der Waals surface area contributed by atoms with Crippen molar-refractivity contribution in [3.8, 4) is 17.0 Å². The van der Waals surface area contributed by atoms with Gasteiger partial charge in [-0.3, -0.25) is 19.9 Å². The highest BCUT2D eigenvalue weighted by atomic mass is 127. The summed E-state index contributed by atoms with van der Waals surface area (Å²) in [5.74, 6) is -0.126. The number of carbonyl (C=O) groups excluding carboxylic acids is 1. The van der Waals surface area contributed by atoms with Crippen molar-refractivity contribution in [3.63, 3.8) is 0 Å². The minimum absolute atomic E-state index is 0.0348. The number of hydrogen-bond donors (Lipinski definition) is 0. The van der Waals surface area contributed by atoms with E-state index in [0.717, 1.165) is 11.1 Å². The van der Waals surface area contributed by atoms with Crippen LogP contribution in [0.4, 0.5) is 14.5 Å². The Balaban J connectivity index is 1.54. The molecule has 33 heavy (non-hydrogen) atoms. The van der Waals surface area contributed by atoms with Crippen LogP contribution in [0.15, 0.2) is 54.6 Å². The summed E-state index contributed by atoms with van der Waals surface area (Å²) in [6.45, 7) is 2.37. The van der Waals surface area contributed by atoms with E-state index in [1.807, 2.05) is 0 Å². The van der Waals surface area contributed by atoms with Crippen LogP contribution in [0, 0.1) is 17.0 Å². The number of ether oxygens (including phenoxy) is 1. The lowest BCUT2D eigenvalue weighted by molar-refractivity contribution is -0.384. The quantitative estimate of drug-likeness (QED) is 0.165. The molecule has 0 saturated carbocycles. The van der Waals surface area contributed by atoms with Gasteiger partial charge in [0.1, 0.15) is 5.75 Å². The second-order valence-electron chi connectivity index (χ2n) is 7.42. The van der Waals surface area contributed by atoms with E-state index in [4.69, 9.17) is 0 Å². The first-order valence-electron chi connectivity index (χ1n) is 9.77. The third kappa shape index (κ3) is 4.90. The fourth-order valence-electron chi connectivity index (χ4n) is 3.69. The Morgan fingerprint density at radius 1 is 1.24 bits per heavy atom. The Labute approximate surface area is 197 Å². The summed E-state index contributed by atoms with van der Waals surface area (Å²) in [6, 6.07) is 14.1. The number of halogens is 3. The molecule has 0 N–H and O–H groups in total. The summed E-state index contributed by atoms with van der Waals surface area (Å²) in [5.41, 5.74) is 3.73. The Kier molecular flexibility index (Phi) is 6.19. The average molecular weight is 565 g/mol. The molecule has 170 valence electrons. The molecule has 0 fully saturated rings. The van der Waals surface area contributed by atoms with Crippen LogP contribution < -0.4 is 4.74 Å².